The summed E-state index contributed by atoms with van der Waals surface area (Å²) in [7, 11) is 0. The molecule has 1 aromatic carbocycles. The van der Waals surface area contributed by atoms with Gasteiger partial charge in [0.05, 0.1) is 12.5 Å². The fraction of sp³-hybridized carbons (Fsp3) is 0.435. The molecule has 1 aromatic heterocycles. The zero-order chi connectivity index (χ0) is 27.0. The summed E-state index contributed by atoms with van der Waals surface area (Å²) in [5.74, 6) is -5.61. The molecule has 0 aliphatic heterocycles. The van der Waals surface area contributed by atoms with E-state index in [4.69, 9.17) is 10.8 Å². The van der Waals surface area contributed by atoms with E-state index in [1.54, 1.807) is 26.1 Å². The summed E-state index contributed by atoms with van der Waals surface area (Å²) in [5, 5.41) is 26.6. The zero-order valence-corrected chi connectivity index (χ0v) is 20.7. The van der Waals surface area contributed by atoms with Crippen LogP contribution in [0, 0.1) is 5.92 Å². The van der Waals surface area contributed by atoms with Gasteiger partial charge >= 0.3 is 11.9 Å². The molecule has 4 atom stereocenters. The largest absolute Gasteiger partial charge is 0.481 e. The lowest BCUT2D eigenvalue weighted by molar-refractivity contribution is -0.143. The van der Waals surface area contributed by atoms with Crippen molar-refractivity contribution in [1.29, 1.82) is 0 Å². The number of nitrogens with two attached hydrogens (primary N) is 1. The van der Waals surface area contributed by atoms with Gasteiger partial charge in [0.1, 0.15) is 18.1 Å². The molecule has 4 unspecified atom stereocenters. The second kappa shape index (κ2) is 12.9. The minimum absolute atomic E-state index is 0.0247. The lowest BCUT2D eigenvalue weighted by Gasteiger charge is -2.24. The van der Waals surface area contributed by atoms with Gasteiger partial charge in [0, 0.05) is 29.3 Å². The van der Waals surface area contributed by atoms with Gasteiger partial charge in [-0.25, -0.2) is 4.79 Å². The van der Waals surface area contributed by atoms with E-state index in [0.717, 1.165) is 10.9 Å². The maximum Gasteiger partial charge on any atom is 0.326 e. The summed E-state index contributed by atoms with van der Waals surface area (Å²) in [4.78, 5) is 63.9. The smallest absolute Gasteiger partial charge is 0.326 e. The van der Waals surface area contributed by atoms with Crippen LogP contribution in [0.2, 0.25) is 0 Å². The highest BCUT2D eigenvalue weighted by atomic mass is 32.1. The van der Waals surface area contributed by atoms with E-state index < -0.39 is 60.2 Å². The minimum Gasteiger partial charge on any atom is -0.481 e. The summed E-state index contributed by atoms with van der Waals surface area (Å²) < 4.78 is 0. The van der Waals surface area contributed by atoms with Crippen LogP contribution >= 0.6 is 12.6 Å². The van der Waals surface area contributed by atoms with Crippen LogP contribution in [0.3, 0.4) is 0 Å². The first-order chi connectivity index (χ1) is 16.9. The van der Waals surface area contributed by atoms with Crippen molar-refractivity contribution >= 4 is 53.2 Å². The number of thiol groups is 1. The molecule has 0 radical (unpaired) electrons. The van der Waals surface area contributed by atoms with Gasteiger partial charge in [-0.1, -0.05) is 32.0 Å². The number of para-hydroxylation sites is 1. The number of aromatic nitrogens is 1. The monoisotopic (exact) mass is 521 g/mol. The normalized spacial score (nSPS) is 14.5. The van der Waals surface area contributed by atoms with Crippen molar-refractivity contribution in [3.63, 3.8) is 0 Å². The number of hydrogen-bond donors (Lipinski definition) is 8. The maximum absolute atomic E-state index is 12.8. The van der Waals surface area contributed by atoms with Crippen LogP contribution in [0.4, 0.5) is 0 Å². The molecule has 0 aliphatic rings. The molecule has 2 aromatic rings. The van der Waals surface area contributed by atoms with Gasteiger partial charge in [-0.05, 0) is 17.5 Å². The van der Waals surface area contributed by atoms with Gasteiger partial charge in [0.15, 0.2) is 0 Å². The lowest BCUT2D eigenvalue weighted by atomic mass is 10.0. The van der Waals surface area contributed by atoms with Crippen LogP contribution in [0.15, 0.2) is 30.5 Å². The third kappa shape index (κ3) is 7.71. The van der Waals surface area contributed by atoms with Crippen LogP contribution < -0.4 is 21.7 Å². The Morgan fingerprint density at radius 3 is 2.11 bits per heavy atom. The number of carbonyl (C=O) groups excluding carboxylic acids is 3. The zero-order valence-electron chi connectivity index (χ0n) is 19.9. The third-order valence-corrected chi connectivity index (χ3v) is 5.93. The fourth-order valence-corrected chi connectivity index (χ4v) is 3.67. The number of nitrogens with one attached hydrogen (secondary N) is 4. The van der Waals surface area contributed by atoms with Crippen LogP contribution in [-0.2, 0) is 30.4 Å². The molecule has 2 rings (SSSR count). The molecular weight excluding hydrogens is 490 g/mol. The number of carboxylic acid groups (broad SMARTS) is 2. The maximum atomic E-state index is 12.8. The average Bonchev–Trinajstić information content (AvgIpc) is 3.23. The van der Waals surface area contributed by atoms with E-state index in [1.165, 1.54) is 0 Å². The van der Waals surface area contributed by atoms with E-state index in [-0.39, 0.29) is 18.1 Å². The van der Waals surface area contributed by atoms with Crippen LogP contribution in [-0.4, -0.2) is 74.8 Å². The van der Waals surface area contributed by atoms with Crippen molar-refractivity contribution in [2.45, 2.75) is 50.9 Å². The molecule has 8 N–H and O–H groups in total. The van der Waals surface area contributed by atoms with Crippen molar-refractivity contribution in [1.82, 2.24) is 20.9 Å². The van der Waals surface area contributed by atoms with Crippen molar-refractivity contribution in [3.8, 4) is 0 Å². The molecule has 0 saturated heterocycles. The SMILES string of the molecule is CC(C)C(N)C(=O)NC(CC(=O)O)C(=O)NC(CS)C(=O)NC(Cc1c[nH]c2ccccc12)C(=O)O. The topological polar surface area (TPSA) is 204 Å². The van der Waals surface area contributed by atoms with Crippen LogP contribution in [0.25, 0.3) is 10.9 Å². The number of carboxylic acids is 2. The van der Waals surface area contributed by atoms with Crippen molar-refractivity contribution < 1.29 is 34.2 Å². The number of rotatable bonds is 13. The number of aliphatic carboxylic acids is 2. The number of hydrogen-bond acceptors (Lipinski definition) is 7. The van der Waals surface area contributed by atoms with Gasteiger partial charge in [-0.15, -0.1) is 0 Å². The Hall–Kier alpha value is -3.58. The number of amides is 3. The Labute approximate surface area is 212 Å². The first-order valence-corrected chi connectivity index (χ1v) is 11.8. The van der Waals surface area contributed by atoms with Crippen molar-refractivity contribution in [2.75, 3.05) is 5.75 Å². The van der Waals surface area contributed by atoms with E-state index in [2.05, 4.69) is 33.6 Å². The Morgan fingerprint density at radius 2 is 1.53 bits per heavy atom. The van der Waals surface area contributed by atoms with E-state index in [9.17, 15) is 29.1 Å². The molecule has 36 heavy (non-hydrogen) atoms. The number of fused-ring (bicyclic) bond motifs is 1. The molecule has 0 saturated carbocycles. The molecule has 0 spiro atoms. The minimum atomic E-state index is -1.50. The Morgan fingerprint density at radius 1 is 0.944 bits per heavy atom. The molecule has 1 heterocycles. The first kappa shape index (κ1) is 28.7. The highest BCUT2D eigenvalue weighted by Gasteiger charge is 2.31. The standard InChI is InChI=1S/C23H31N5O7S/c1-11(2)19(24)22(33)26-15(8-18(29)30)20(31)28-17(10-36)21(32)27-16(23(34)35)7-12-9-25-14-6-4-3-5-13(12)14/h3-6,9,11,15-17,19,25,36H,7-8,10,24H2,1-2H3,(H,26,33)(H,27,32)(H,28,31)(H,29,30)(H,34,35). The number of carbonyl (C=O) groups is 5. The number of H-pyrrole nitrogens is 1. The summed E-state index contributed by atoms with van der Waals surface area (Å²) in [5.41, 5.74) is 7.25. The molecule has 12 nitrogen and oxygen atoms in total. The van der Waals surface area contributed by atoms with E-state index >= 15 is 0 Å². The Bertz CT molecular complexity index is 1120. The van der Waals surface area contributed by atoms with Gasteiger partial charge in [-0.3, -0.25) is 19.2 Å². The molecule has 0 bridgehead atoms. The Kier molecular flexibility index (Phi) is 10.3. The first-order valence-electron chi connectivity index (χ1n) is 11.2. The van der Waals surface area contributed by atoms with Crippen molar-refractivity contribution in [2.24, 2.45) is 11.7 Å². The van der Waals surface area contributed by atoms with Crippen molar-refractivity contribution in [3.05, 3.63) is 36.0 Å². The van der Waals surface area contributed by atoms with Gasteiger partial charge in [0.25, 0.3) is 0 Å². The summed E-state index contributed by atoms with van der Waals surface area (Å²) in [6.45, 7) is 3.37. The number of benzene rings is 1. The van der Waals surface area contributed by atoms with Crippen LogP contribution in [0.1, 0.15) is 25.8 Å². The molecule has 3 amide bonds. The average molecular weight is 522 g/mol. The summed E-state index contributed by atoms with van der Waals surface area (Å²) in [6, 6.07) is 2.21. The van der Waals surface area contributed by atoms with Crippen LogP contribution in [0.5, 0.6) is 0 Å². The van der Waals surface area contributed by atoms with E-state index in [0.29, 0.717) is 5.56 Å². The van der Waals surface area contributed by atoms with E-state index in [1.807, 2.05) is 18.2 Å². The summed E-state index contributed by atoms with van der Waals surface area (Å²) in [6.07, 6.45) is 0.885. The molecule has 13 heteroatoms. The second-order valence-corrected chi connectivity index (χ2v) is 9.00. The molecule has 0 fully saturated rings. The second-order valence-electron chi connectivity index (χ2n) is 8.64. The highest BCUT2D eigenvalue weighted by Crippen LogP contribution is 2.19. The quantitative estimate of drug-likeness (QED) is 0.163. The molecule has 196 valence electrons. The number of aromatic amines is 1. The lowest BCUT2D eigenvalue weighted by Crippen LogP contribution is -2.58. The van der Waals surface area contributed by atoms with Gasteiger partial charge < -0.3 is 36.9 Å². The molecule has 0 aliphatic carbocycles. The Balaban J connectivity index is 2.11. The predicted molar refractivity (Wildman–Crippen MR) is 134 cm³/mol. The summed E-state index contributed by atoms with van der Waals surface area (Å²) >= 11 is 4.06. The van der Waals surface area contributed by atoms with Gasteiger partial charge in [0.2, 0.25) is 17.7 Å². The third-order valence-electron chi connectivity index (χ3n) is 5.56. The fourth-order valence-electron chi connectivity index (χ4n) is 3.41. The predicted octanol–water partition coefficient (Wildman–Crippen LogP) is -0.363. The van der Waals surface area contributed by atoms with Gasteiger partial charge in [-0.2, -0.15) is 12.6 Å². The highest BCUT2D eigenvalue weighted by molar-refractivity contribution is 7.80. The molecular formula is C23H31N5O7S.